The molecule has 21 heavy (non-hydrogen) atoms. The Labute approximate surface area is 129 Å². The van der Waals surface area contributed by atoms with Crippen molar-refractivity contribution in [2.24, 2.45) is 0 Å². The molecule has 1 aliphatic rings. The van der Waals surface area contributed by atoms with E-state index < -0.39 is 0 Å². The van der Waals surface area contributed by atoms with Crippen LogP contribution in [0, 0.1) is 0 Å². The Morgan fingerprint density at radius 2 is 2.05 bits per heavy atom. The van der Waals surface area contributed by atoms with Gasteiger partial charge in [0.25, 0.3) is 0 Å². The van der Waals surface area contributed by atoms with Gasteiger partial charge < -0.3 is 10.1 Å². The van der Waals surface area contributed by atoms with Crippen LogP contribution in [-0.2, 0) is 17.8 Å². The average Bonchev–Trinajstić information content (AvgIpc) is 2.51. The molecule has 0 unspecified atom stereocenters. The van der Waals surface area contributed by atoms with Crippen LogP contribution in [-0.4, -0.2) is 38.3 Å². The second-order valence-corrected chi connectivity index (χ2v) is 5.73. The van der Waals surface area contributed by atoms with Crippen molar-refractivity contribution in [3.8, 4) is 0 Å². The van der Waals surface area contributed by atoms with E-state index in [1.165, 1.54) is 23.1 Å². The van der Waals surface area contributed by atoms with Crippen LogP contribution in [0.5, 0.6) is 0 Å². The van der Waals surface area contributed by atoms with Crippen molar-refractivity contribution in [1.82, 2.24) is 10.2 Å². The minimum absolute atomic E-state index is 0.783. The Hall–Kier alpha value is -1.16. The molecule has 0 atom stereocenters. The van der Waals surface area contributed by atoms with Crippen molar-refractivity contribution in [2.75, 3.05) is 33.4 Å². The number of nitrogens with zero attached hydrogens (tertiary/aromatic N) is 1. The number of methoxy groups -OCH3 is 1. The highest BCUT2D eigenvalue weighted by Gasteiger charge is 2.13. The summed E-state index contributed by atoms with van der Waals surface area (Å²) >= 11 is 0. The third kappa shape index (κ3) is 5.27. The topological polar surface area (TPSA) is 24.5 Å². The summed E-state index contributed by atoms with van der Waals surface area (Å²) < 4.78 is 5.21. The second-order valence-electron chi connectivity index (χ2n) is 5.73. The standard InChI is InChI=1S/C18H28N2O/c1-3-10-19-13-17-6-4-5-7-18(17)14-20-11-8-16(9-12-20)15-21-2/h4-8,19H,3,9-15H2,1-2H3. The molecule has 3 nitrogen and oxygen atoms in total. The van der Waals surface area contributed by atoms with E-state index in [4.69, 9.17) is 4.74 Å². The molecule has 3 heteroatoms. The van der Waals surface area contributed by atoms with Crippen LogP contribution in [0.3, 0.4) is 0 Å². The zero-order valence-corrected chi connectivity index (χ0v) is 13.4. The van der Waals surface area contributed by atoms with Gasteiger partial charge in [-0.2, -0.15) is 0 Å². The van der Waals surface area contributed by atoms with Gasteiger partial charge in [-0.25, -0.2) is 0 Å². The van der Waals surface area contributed by atoms with Gasteiger partial charge in [0, 0.05) is 33.3 Å². The van der Waals surface area contributed by atoms with Crippen molar-refractivity contribution in [1.29, 1.82) is 0 Å². The molecule has 0 saturated heterocycles. The fourth-order valence-electron chi connectivity index (χ4n) is 2.74. The van der Waals surface area contributed by atoms with Gasteiger partial charge in [-0.3, -0.25) is 4.90 Å². The van der Waals surface area contributed by atoms with Crippen molar-refractivity contribution in [2.45, 2.75) is 32.9 Å². The van der Waals surface area contributed by atoms with E-state index in [0.717, 1.165) is 45.8 Å². The summed E-state index contributed by atoms with van der Waals surface area (Å²) in [5.41, 5.74) is 4.31. The first kappa shape index (κ1) is 16.2. The Morgan fingerprint density at radius 3 is 2.71 bits per heavy atom. The maximum atomic E-state index is 5.21. The molecule has 116 valence electrons. The van der Waals surface area contributed by atoms with Gasteiger partial charge in [-0.05, 0) is 36.1 Å². The van der Waals surface area contributed by atoms with Crippen LogP contribution in [0.4, 0.5) is 0 Å². The molecular weight excluding hydrogens is 260 g/mol. The quantitative estimate of drug-likeness (QED) is 0.588. The number of benzene rings is 1. The second kappa shape index (κ2) is 8.98. The number of hydrogen-bond donors (Lipinski definition) is 1. The molecule has 0 spiro atoms. The molecular formula is C18H28N2O. The average molecular weight is 288 g/mol. The predicted molar refractivity (Wildman–Crippen MR) is 88.3 cm³/mol. The number of ether oxygens (including phenoxy) is 1. The summed E-state index contributed by atoms with van der Waals surface area (Å²) in [7, 11) is 1.77. The van der Waals surface area contributed by atoms with E-state index >= 15 is 0 Å². The lowest BCUT2D eigenvalue weighted by atomic mass is 10.0. The largest absolute Gasteiger partial charge is 0.380 e. The Kier molecular flexibility index (Phi) is 6.93. The SMILES string of the molecule is CCCNCc1ccccc1CN1CC=C(COC)CC1. The maximum Gasteiger partial charge on any atom is 0.0673 e. The molecule has 1 aromatic carbocycles. The maximum absolute atomic E-state index is 5.21. The number of nitrogens with one attached hydrogen (secondary N) is 1. The van der Waals surface area contributed by atoms with Crippen LogP contribution in [0.15, 0.2) is 35.9 Å². The van der Waals surface area contributed by atoms with E-state index in [0.29, 0.717) is 0 Å². The molecule has 0 aliphatic carbocycles. The first-order valence-corrected chi connectivity index (χ1v) is 8.00. The third-order valence-corrected chi connectivity index (χ3v) is 3.97. The lowest BCUT2D eigenvalue weighted by Crippen LogP contribution is -2.29. The van der Waals surface area contributed by atoms with Gasteiger partial charge in [-0.15, -0.1) is 0 Å². The van der Waals surface area contributed by atoms with E-state index in [9.17, 15) is 0 Å². The van der Waals surface area contributed by atoms with Crippen LogP contribution in [0.1, 0.15) is 30.9 Å². The fraction of sp³-hybridized carbons (Fsp3) is 0.556. The molecule has 0 radical (unpaired) electrons. The van der Waals surface area contributed by atoms with Crippen LogP contribution < -0.4 is 5.32 Å². The summed E-state index contributed by atoms with van der Waals surface area (Å²) in [6.45, 7) is 8.26. The summed E-state index contributed by atoms with van der Waals surface area (Å²) in [5.74, 6) is 0. The van der Waals surface area contributed by atoms with Crippen molar-refractivity contribution >= 4 is 0 Å². The van der Waals surface area contributed by atoms with Crippen LogP contribution >= 0.6 is 0 Å². The lowest BCUT2D eigenvalue weighted by molar-refractivity contribution is 0.210. The minimum atomic E-state index is 0.783. The van der Waals surface area contributed by atoms with Gasteiger partial charge in [0.2, 0.25) is 0 Å². The summed E-state index contributed by atoms with van der Waals surface area (Å²) in [5, 5.41) is 3.51. The van der Waals surface area contributed by atoms with Crippen LogP contribution in [0.2, 0.25) is 0 Å². The highest BCUT2D eigenvalue weighted by Crippen LogP contribution is 2.16. The smallest absolute Gasteiger partial charge is 0.0673 e. The highest BCUT2D eigenvalue weighted by molar-refractivity contribution is 5.27. The summed E-state index contributed by atoms with van der Waals surface area (Å²) in [6.07, 6.45) is 4.64. The highest BCUT2D eigenvalue weighted by atomic mass is 16.5. The minimum Gasteiger partial charge on any atom is -0.380 e. The fourth-order valence-corrected chi connectivity index (χ4v) is 2.74. The third-order valence-electron chi connectivity index (χ3n) is 3.97. The molecule has 0 bridgehead atoms. The molecule has 0 amide bonds. The number of rotatable bonds is 8. The Morgan fingerprint density at radius 1 is 1.24 bits per heavy atom. The molecule has 1 aromatic rings. The van der Waals surface area contributed by atoms with E-state index in [-0.39, 0.29) is 0 Å². The van der Waals surface area contributed by atoms with E-state index in [1.807, 2.05) is 0 Å². The van der Waals surface area contributed by atoms with Gasteiger partial charge in [0.05, 0.1) is 6.61 Å². The first-order valence-electron chi connectivity index (χ1n) is 8.00. The van der Waals surface area contributed by atoms with Crippen LogP contribution in [0.25, 0.3) is 0 Å². The van der Waals surface area contributed by atoms with Gasteiger partial charge >= 0.3 is 0 Å². The van der Waals surface area contributed by atoms with Gasteiger partial charge in [0.15, 0.2) is 0 Å². The number of hydrogen-bond acceptors (Lipinski definition) is 3. The van der Waals surface area contributed by atoms with Crippen molar-refractivity contribution < 1.29 is 4.74 Å². The zero-order chi connectivity index (χ0) is 14.9. The normalized spacial score (nSPS) is 16.0. The monoisotopic (exact) mass is 288 g/mol. The molecule has 1 aliphatic heterocycles. The molecule has 2 rings (SSSR count). The lowest BCUT2D eigenvalue weighted by Gasteiger charge is -2.27. The summed E-state index contributed by atoms with van der Waals surface area (Å²) in [6, 6.07) is 8.79. The van der Waals surface area contributed by atoms with E-state index in [1.54, 1.807) is 7.11 Å². The zero-order valence-electron chi connectivity index (χ0n) is 13.4. The molecule has 0 saturated carbocycles. The molecule has 1 N–H and O–H groups in total. The predicted octanol–water partition coefficient (Wildman–Crippen LogP) is 2.96. The van der Waals surface area contributed by atoms with Gasteiger partial charge in [0.1, 0.15) is 0 Å². The molecule has 0 aromatic heterocycles. The van der Waals surface area contributed by atoms with Crippen molar-refractivity contribution in [3.05, 3.63) is 47.0 Å². The molecule has 0 fully saturated rings. The Balaban J connectivity index is 1.91. The Bertz CT molecular complexity index is 456. The van der Waals surface area contributed by atoms with Crippen molar-refractivity contribution in [3.63, 3.8) is 0 Å². The first-order chi connectivity index (χ1) is 10.3. The van der Waals surface area contributed by atoms with E-state index in [2.05, 4.69) is 47.5 Å². The van der Waals surface area contributed by atoms with Gasteiger partial charge in [-0.1, -0.05) is 37.3 Å². The summed E-state index contributed by atoms with van der Waals surface area (Å²) in [4.78, 5) is 2.51. The molecule has 1 heterocycles.